The Kier molecular flexibility index (Phi) is 4.31. The normalized spacial score (nSPS) is 14.1. The number of hydrogen-bond acceptors (Lipinski definition) is 4. The number of benzene rings is 2. The first-order valence-electron chi connectivity index (χ1n) is 7.45. The highest BCUT2D eigenvalue weighted by molar-refractivity contribution is 7.78. The number of rotatable bonds is 2. The maximum absolute atomic E-state index is 9.66. The smallest absolute Gasteiger partial charge is 0.127 e. The highest BCUT2D eigenvalue weighted by Crippen LogP contribution is 2.35. The van der Waals surface area contributed by atoms with E-state index in [1.807, 2.05) is 67.6 Å². The number of nitriles is 1. The molecular formula is C20H15N3S. The molecule has 0 unspecified atom stereocenters. The van der Waals surface area contributed by atoms with Crippen molar-refractivity contribution in [1.82, 2.24) is 0 Å². The van der Waals surface area contributed by atoms with Crippen molar-refractivity contribution in [2.45, 2.75) is 6.92 Å². The summed E-state index contributed by atoms with van der Waals surface area (Å²) in [5, 5.41) is 12.4. The van der Waals surface area contributed by atoms with Crippen LogP contribution in [-0.4, -0.2) is 5.02 Å². The molecule has 116 valence electrons. The summed E-state index contributed by atoms with van der Waals surface area (Å²) < 4.78 is 0. The fraction of sp³-hybridized carbons (Fsp3) is 0.0500. The average Bonchev–Trinajstić information content (AvgIpc) is 2.62. The Labute approximate surface area is 146 Å². The fourth-order valence-corrected chi connectivity index (χ4v) is 2.81. The van der Waals surface area contributed by atoms with Gasteiger partial charge in [0.25, 0.3) is 0 Å². The number of nitrogens with two attached hydrogens (primary N) is 1. The Morgan fingerprint density at radius 2 is 1.71 bits per heavy atom. The molecular weight excluding hydrogens is 314 g/mol. The van der Waals surface area contributed by atoms with Crippen LogP contribution in [-0.2, 0) is 0 Å². The zero-order valence-corrected chi connectivity index (χ0v) is 14.0. The van der Waals surface area contributed by atoms with E-state index in [4.69, 9.17) is 18.0 Å². The molecule has 0 aliphatic carbocycles. The second kappa shape index (κ2) is 6.55. The zero-order valence-electron chi connectivity index (χ0n) is 13.2. The Morgan fingerprint density at radius 3 is 2.29 bits per heavy atom. The van der Waals surface area contributed by atoms with Crippen molar-refractivity contribution in [2.24, 2.45) is 5.73 Å². The molecule has 0 aromatic heterocycles. The number of para-hydroxylation sites is 1. The largest absolute Gasteiger partial charge is 0.384 e. The molecule has 2 aromatic rings. The molecule has 0 spiro atoms. The van der Waals surface area contributed by atoms with Crippen LogP contribution in [0.5, 0.6) is 0 Å². The van der Waals surface area contributed by atoms with Crippen LogP contribution in [0.1, 0.15) is 11.1 Å². The van der Waals surface area contributed by atoms with Crippen LogP contribution >= 0.6 is 12.2 Å². The third kappa shape index (κ3) is 2.75. The maximum Gasteiger partial charge on any atom is 0.127 e. The lowest BCUT2D eigenvalue weighted by Gasteiger charge is -2.30. The summed E-state index contributed by atoms with van der Waals surface area (Å²) in [6, 6.07) is 19.8. The van der Waals surface area contributed by atoms with E-state index in [1.165, 1.54) is 0 Å². The predicted octanol–water partition coefficient (Wildman–Crippen LogP) is 4.08. The Balaban J connectivity index is 2.18. The number of aryl methyl sites for hydroxylation is 1. The van der Waals surface area contributed by atoms with Gasteiger partial charge < -0.3 is 5.73 Å². The lowest BCUT2D eigenvalue weighted by molar-refractivity contribution is 1.06. The van der Waals surface area contributed by atoms with E-state index >= 15 is 0 Å². The number of allylic oxidation sites excluding steroid dienone is 3. The monoisotopic (exact) mass is 329 g/mol. The molecule has 4 heteroatoms. The van der Waals surface area contributed by atoms with Gasteiger partial charge in [-0.25, -0.2) is 0 Å². The highest BCUT2D eigenvalue weighted by atomic mass is 32.1. The molecule has 1 aliphatic rings. The van der Waals surface area contributed by atoms with E-state index in [0.29, 0.717) is 17.1 Å². The molecule has 0 radical (unpaired) electrons. The van der Waals surface area contributed by atoms with Crippen molar-refractivity contribution in [1.29, 1.82) is 5.26 Å². The SMILES string of the molecule is Cc1ccc(C2=CC(=C=S)N(c3ccccc3)C(N)=C2C#N)cc1. The van der Waals surface area contributed by atoms with Crippen molar-refractivity contribution < 1.29 is 0 Å². The lowest BCUT2D eigenvalue weighted by Crippen LogP contribution is -2.31. The van der Waals surface area contributed by atoms with Gasteiger partial charge in [0.05, 0.1) is 0 Å². The molecule has 1 aliphatic heterocycles. The van der Waals surface area contributed by atoms with E-state index in [-0.39, 0.29) is 0 Å². The van der Waals surface area contributed by atoms with Gasteiger partial charge in [0.1, 0.15) is 23.2 Å². The molecule has 1 heterocycles. The molecule has 0 saturated heterocycles. The number of anilines is 1. The quantitative estimate of drug-likeness (QED) is 0.844. The number of nitrogens with zero attached hydrogens (tertiary/aromatic N) is 2. The summed E-state index contributed by atoms with van der Waals surface area (Å²) in [6.45, 7) is 2.02. The summed E-state index contributed by atoms with van der Waals surface area (Å²) >= 11 is 5.07. The van der Waals surface area contributed by atoms with Crippen molar-refractivity contribution in [3.05, 3.63) is 88.9 Å². The van der Waals surface area contributed by atoms with Crippen molar-refractivity contribution in [3.8, 4) is 6.07 Å². The first-order chi connectivity index (χ1) is 11.7. The fourth-order valence-electron chi connectivity index (χ4n) is 2.66. The van der Waals surface area contributed by atoms with Crippen LogP contribution in [0.25, 0.3) is 5.57 Å². The molecule has 3 nitrogen and oxygen atoms in total. The Morgan fingerprint density at radius 1 is 1.04 bits per heavy atom. The van der Waals surface area contributed by atoms with Crippen LogP contribution in [0, 0.1) is 18.3 Å². The standard InChI is InChI=1S/C20H15N3S/c1-14-7-9-15(10-8-14)18-11-17(13-24)23(20(22)19(18)12-21)16-5-3-2-4-6-16/h2-11H,22H2,1H3. The van der Waals surface area contributed by atoms with Crippen molar-refractivity contribution >= 4 is 28.5 Å². The minimum absolute atomic E-state index is 0.356. The minimum atomic E-state index is 0.356. The van der Waals surface area contributed by atoms with Crippen LogP contribution < -0.4 is 10.6 Å². The second-order valence-corrected chi connectivity index (χ2v) is 5.66. The van der Waals surface area contributed by atoms with Gasteiger partial charge in [-0.05, 0) is 47.9 Å². The first kappa shape index (κ1) is 15.8. The van der Waals surface area contributed by atoms with E-state index in [9.17, 15) is 5.26 Å². The Bertz CT molecular complexity index is 925. The summed E-state index contributed by atoms with van der Waals surface area (Å²) in [7, 11) is 0. The summed E-state index contributed by atoms with van der Waals surface area (Å²) in [5.41, 5.74) is 11.1. The predicted molar refractivity (Wildman–Crippen MR) is 101 cm³/mol. The zero-order chi connectivity index (χ0) is 17.1. The maximum atomic E-state index is 9.66. The number of thiocarbonyl (C=S) groups is 1. The molecule has 2 N–H and O–H groups in total. The topological polar surface area (TPSA) is 53.0 Å². The summed E-state index contributed by atoms with van der Waals surface area (Å²) in [6.07, 6.45) is 1.86. The van der Waals surface area contributed by atoms with Gasteiger partial charge in [-0.1, -0.05) is 48.0 Å². The molecule has 2 aromatic carbocycles. The van der Waals surface area contributed by atoms with E-state index in [2.05, 4.69) is 11.1 Å². The van der Waals surface area contributed by atoms with Gasteiger partial charge in [-0.3, -0.25) is 4.90 Å². The van der Waals surface area contributed by atoms with E-state index in [0.717, 1.165) is 22.4 Å². The Hall–Kier alpha value is -3.12. The third-order valence-electron chi connectivity index (χ3n) is 3.88. The van der Waals surface area contributed by atoms with Gasteiger partial charge in [0.2, 0.25) is 0 Å². The van der Waals surface area contributed by atoms with Gasteiger partial charge in [0.15, 0.2) is 0 Å². The van der Waals surface area contributed by atoms with Crippen LogP contribution in [0.4, 0.5) is 5.69 Å². The molecule has 0 fully saturated rings. The van der Waals surface area contributed by atoms with Crippen molar-refractivity contribution in [2.75, 3.05) is 4.90 Å². The van der Waals surface area contributed by atoms with Crippen LogP contribution in [0.2, 0.25) is 0 Å². The minimum Gasteiger partial charge on any atom is -0.384 e. The average molecular weight is 329 g/mol. The first-order valence-corrected chi connectivity index (χ1v) is 7.85. The lowest BCUT2D eigenvalue weighted by atomic mass is 9.93. The molecule has 0 atom stereocenters. The highest BCUT2D eigenvalue weighted by Gasteiger charge is 2.25. The molecule has 0 saturated carbocycles. The number of hydrogen-bond donors (Lipinski definition) is 1. The van der Waals surface area contributed by atoms with Gasteiger partial charge in [0, 0.05) is 11.3 Å². The van der Waals surface area contributed by atoms with Crippen LogP contribution in [0.3, 0.4) is 0 Å². The summed E-state index contributed by atoms with van der Waals surface area (Å²) in [5.74, 6) is 0.356. The van der Waals surface area contributed by atoms with Crippen LogP contribution in [0.15, 0.2) is 77.8 Å². The third-order valence-corrected chi connectivity index (χ3v) is 4.09. The summed E-state index contributed by atoms with van der Waals surface area (Å²) in [4.78, 5) is 1.75. The molecule has 0 amide bonds. The van der Waals surface area contributed by atoms with E-state index < -0.39 is 0 Å². The van der Waals surface area contributed by atoms with E-state index in [1.54, 1.807) is 4.90 Å². The van der Waals surface area contributed by atoms with Gasteiger partial charge >= 0.3 is 0 Å². The van der Waals surface area contributed by atoms with Gasteiger partial charge in [-0.15, -0.1) is 0 Å². The second-order valence-electron chi connectivity index (χ2n) is 5.45. The molecule has 24 heavy (non-hydrogen) atoms. The molecule has 0 bridgehead atoms. The van der Waals surface area contributed by atoms with Crippen molar-refractivity contribution in [3.63, 3.8) is 0 Å². The molecule has 3 rings (SSSR count). The van der Waals surface area contributed by atoms with Gasteiger partial charge in [-0.2, -0.15) is 5.26 Å².